The highest BCUT2D eigenvalue weighted by molar-refractivity contribution is 5.27. The van der Waals surface area contributed by atoms with Crippen LogP contribution in [0.5, 0.6) is 5.75 Å². The number of nitrogens with one attached hydrogen (secondary N) is 1. The summed E-state index contributed by atoms with van der Waals surface area (Å²) in [6.07, 6.45) is 5.01. The van der Waals surface area contributed by atoms with Gasteiger partial charge in [-0.15, -0.1) is 0 Å². The molecule has 0 aromatic carbocycles. The summed E-state index contributed by atoms with van der Waals surface area (Å²) in [5.41, 5.74) is -0.0832. The number of hydrogen-bond donors (Lipinski definition) is 2. The second-order valence-electron chi connectivity index (χ2n) is 5.88. The van der Waals surface area contributed by atoms with E-state index in [4.69, 9.17) is 4.74 Å². The van der Waals surface area contributed by atoms with Gasteiger partial charge in [0.2, 0.25) is 0 Å². The number of pyridine rings is 1. The van der Waals surface area contributed by atoms with Gasteiger partial charge >= 0.3 is 0 Å². The van der Waals surface area contributed by atoms with E-state index in [1.165, 1.54) is 0 Å². The van der Waals surface area contributed by atoms with Crippen LogP contribution in [0.2, 0.25) is 0 Å². The van der Waals surface area contributed by atoms with E-state index in [0.29, 0.717) is 18.9 Å². The zero-order valence-corrected chi connectivity index (χ0v) is 13.1. The predicted octanol–water partition coefficient (Wildman–Crippen LogP) is 2.71. The van der Waals surface area contributed by atoms with Crippen molar-refractivity contribution in [2.45, 2.75) is 46.1 Å². The lowest BCUT2D eigenvalue weighted by Gasteiger charge is -2.24. The van der Waals surface area contributed by atoms with Crippen LogP contribution >= 0.6 is 0 Å². The summed E-state index contributed by atoms with van der Waals surface area (Å²) in [6.45, 7) is 10.6. The standard InChI is InChI=1S/C16H28N2O2/c1-5-8-20-15-9-14(11-18-12-15)16(4,19)6-7-17-10-13(2)3/h9,11-13,17,19H,5-8,10H2,1-4H3. The van der Waals surface area contributed by atoms with Crippen LogP contribution in [0.25, 0.3) is 0 Å². The van der Waals surface area contributed by atoms with Crippen LogP contribution in [0.3, 0.4) is 0 Å². The first-order valence-corrected chi connectivity index (χ1v) is 7.47. The minimum atomic E-state index is -0.886. The minimum Gasteiger partial charge on any atom is -0.492 e. The number of rotatable bonds is 9. The minimum absolute atomic E-state index is 0.618. The van der Waals surface area contributed by atoms with Crippen molar-refractivity contribution in [3.8, 4) is 5.75 Å². The van der Waals surface area contributed by atoms with Crippen molar-refractivity contribution in [2.24, 2.45) is 5.92 Å². The van der Waals surface area contributed by atoms with E-state index >= 15 is 0 Å². The van der Waals surface area contributed by atoms with Gasteiger partial charge in [0.15, 0.2) is 0 Å². The lowest BCUT2D eigenvalue weighted by molar-refractivity contribution is 0.0472. The average Bonchev–Trinajstić information content (AvgIpc) is 2.41. The van der Waals surface area contributed by atoms with E-state index in [1.54, 1.807) is 12.4 Å². The lowest BCUT2D eigenvalue weighted by Crippen LogP contribution is -2.29. The Balaban J connectivity index is 2.57. The largest absolute Gasteiger partial charge is 0.492 e. The molecular formula is C16H28N2O2. The van der Waals surface area contributed by atoms with Crippen LogP contribution in [0.1, 0.15) is 46.1 Å². The van der Waals surface area contributed by atoms with Crippen molar-refractivity contribution in [1.82, 2.24) is 10.3 Å². The van der Waals surface area contributed by atoms with Gasteiger partial charge in [-0.3, -0.25) is 4.98 Å². The van der Waals surface area contributed by atoms with Crippen LogP contribution in [0, 0.1) is 5.92 Å². The van der Waals surface area contributed by atoms with Crippen molar-refractivity contribution < 1.29 is 9.84 Å². The van der Waals surface area contributed by atoms with Gasteiger partial charge in [-0.05, 0) is 44.8 Å². The normalized spacial score (nSPS) is 14.3. The average molecular weight is 280 g/mol. The summed E-state index contributed by atoms with van der Waals surface area (Å²) in [5, 5.41) is 13.9. The van der Waals surface area contributed by atoms with Gasteiger partial charge in [0.05, 0.1) is 18.4 Å². The summed E-state index contributed by atoms with van der Waals surface area (Å²) >= 11 is 0. The molecular weight excluding hydrogens is 252 g/mol. The highest BCUT2D eigenvalue weighted by atomic mass is 16.5. The number of hydrogen-bond acceptors (Lipinski definition) is 4. The Morgan fingerprint density at radius 2 is 2.15 bits per heavy atom. The molecule has 1 unspecified atom stereocenters. The molecule has 0 amide bonds. The van der Waals surface area contributed by atoms with Crippen molar-refractivity contribution in [1.29, 1.82) is 0 Å². The first-order chi connectivity index (χ1) is 9.45. The zero-order chi connectivity index (χ0) is 15.0. The van der Waals surface area contributed by atoms with Crippen LogP contribution in [-0.4, -0.2) is 29.8 Å². The summed E-state index contributed by atoms with van der Waals surface area (Å²) in [5.74, 6) is 1.34. The van der Waals surface area contributed by atoms with Crippen LogP contribution in [0.15, 0.2) is 18.5 Å². The fourth-order valence-electron chi connectivity index (χ4n) is 1.88. The SMILES string of the molecule is CCCOc1cncc(C(C)(O)CCNCC(C)C)c1. The monoisotopic (exact) mass is 280 g/mol. The Kier molecular flexibility index (Phi) is 6.96. The summed E-state index contributed by atoms with van der Waals surface area (Å²) in [4.78, 5) is 4.15. The van der Waals surface area contributed by atoms with Gasteiger partial charge in [0.1, 0.15) is 5.75 Å². The lowest BCUT2D eigenvalue weighted by atomic mass is 9.94. The Morgan fingerprint density at radius 1 is 1.40 bits per heavy atom. The van der Waals surface area contributed by atoms with E-state index in [2.05, 4.69) is 31.1 Å². The van der Waals surface area contributed by atoms with Gasteiger partial charge in [0, 0.05) is 11.8 Å². The molecule has 0 spiro atoms. The molecule has 0 saturated heterocycles. The second-order valence-corrected chi connectivity index (χ2v) is 5.88. The Bertz CT molecular complexity index is 392. The molecule has 1 rings (SSSR count). The zero-order valence-electron chi connectivity index (χ0n) is 13.1. The molecule has 4 heteroatoms. The third-order valence-corrected chi connectivity index (χ3v) is 3.15. The molecule has 0 fully saturated rings. The van der Waals surface area contributed by atoms with Gasteiger partial charge < -0.3 is 15.2 Å². The molecule has 4 nitrogen and oxygen atoms in total. The van der Waals surface area contributed by atoms with E-state index in [1.807, 2.05) is 13.0 Å². The molecule has 114 valence electrons. The molecule has 1 atom stereocenters. The van der Waals surface area contributed by atoms with E-state index in [9.17, 15) is 5.11 Å². The van der Waals surface area contributed by atoms with Gasteiger partial charge in [-0.25, -0.2) is 0 Å². The maximum atomic E-state index is 10.6. The first kappa shape index (κ1) is 16.9. The molecule has 0 bridgehead atoms. The maximum absolute atomic E-state index is 10.6. The van der Waals surface area contributed by atoms with Crippen LogP contribution < -0.4 is 10.1 Å². The van der Waals surface area contributed by atoms with Crippen molar-refractivity contribution in [2.75, 3.05) is 19.7 Å². The first-order valence-electron chi connectivity index (χ1n) is 7.47. The predicted molar refractivity (Wildman–Crippen MR) is 81.9 cm³/mol. The highest BCUT2D eigenvalue weighted by Crippen LogP contribution is 2.26. The molecule has 1 aromatic heterocycles. The van der Waals surface area contributed by atoms with Gasteiger partial charge in [-0.2, -0.15) is 0 Å². The molecule has 20 heavy (non-hydrogen) atoms. The third kappa shape index (κ3) is 5.88. The molecule has 0 aliphatic carbocycles. The molecule has 1 aromatic rings. The molecule has 1 heterocycles. The smallest absolute Gasteiger partial charge is 0.137 e. The Morgan fingerprint density at radius 3 is 2.80 bits per heavy atom. The third-order valence-electron chi connectivity index (χ3n) is 3.15. The molecule has 0 aliphatic rings. The van der Waals surface area contributed by atoms with Crippen LogP contribution in [0.4, 0.5) is 0 Å². The van der Waals surface area contributed by atoms with Crippen molar-refractivity contribution in [3.63, 3.8) is 0 Å². The summed E-state index contributed by atoms with van der Waals surface area (Å²) < 4.78 is 5.56. The van der Waals surface area contributed by atoms with Crippen molar-refractivity contribution in [3.05, 3.63) is 24.0 Å². The Labute approximate surface area is 122 Å². The fraction of sp³-hybridized carbons (Fsp3) is 0.688. The van der Waals surface area contributed by atoms with Gasteiger partial charge in [0.25, 0.3) is 0 Å². The fourth-order valence-corrected chi connectivity index (χ4v) is 1.88. The highest BCUT2D eigenvalue weighted by Gasteiger charge is 2.23. The van der Waals surface area contributed by atoms with Crippen molar-refractivity contribution >= 4 is 0 Å². The maximum Gasteiger partial charge on any atom is 0.137 e. The molecule has 2 N–H and O–H groups in total. The van der Waals surface area contributed by atoms with E-state index in [0.717, 1.165) is 30.8 Å². The van der Waals surface area contributed by atoms with E-state index < -0.39 is 5.60 Å². The number of ether oxygens (including phenoxy) is 1. The summed E-state index contributed by atoms with van der Waals surface area (Å²) in [7, 11) is 0. The number of aromatic nitrogens is 1. The second kappa shape index (κ2) is 8.22. The molecule has 0 saturated carbocycles. The molecule has 0 aliphatic heterocycles. The van der Waals surface area contributed by atoms with Gasteiger partial charge in [-0.1, -0.05) is 20.8 Å². The van der Waals surface area contributed by atoms with E-state index in [-0.39, 0.29) is 0 Å². The number of nitrogens with zero attached hydrogens (tertiary/aromatic N) is 1. The quantitative estimate of drug-likeness (QED) is 0.683. The Hall–Kier alpha value is -1.13. The van der Waals surface area contributed by atoms with Crippen LogP contribution in [-0.2, 0) is 5.60 Å². The molecule has 0 radical (unpaired) electrons. The topological polar surface area (TPSA) is 54.4 Å². The number of aliphatic hydroxyl groups is 1. The summed E-state index contributed by atoms with van der Waals surface area (Å²) in [6, 6.07) is 1.88.